The summed E-state index contributed by atoms with van der Waals surface area (Å²) in [5, 5.41) is 3.03. The first-order valence-corrected chi connectivity index (χ1v) is 9.10. The van der Waals surface area contributed by atoms with E-state index in [0.717, 1.165) is 75.5 Å². The molecule has 1 amide bonds. The standard InChI is InChI=1S/C19H28N2O3/c1-15-13-17-14-16(5-6-18(17)24-15)19(22)20-7-3-2-4-8-21-9-11-23-12-10-21/h5-6,14-15H,2-4,7-13H2,1H3,(H,20,22). The van der Waals surface area contributed by atoms with Crippen LogP contribution in [0.1, 0.15) is 42.1 Å². The summed E-state index contributed by atoms with van der Waals surface area (Å²) in [6.07, 6.45) is 4.46. The summed E-state index contributed by atoms with van der Waals surface area (Å²) >= 11 is 0. The number of hydrogen-bond acceptors (Lipinski definition) is 4. The molecule has 3 rings (SSSR count). The number of benzene rings is 1. The van der Waals surface area contributed by atoms with Crippen LogP contribution in [-0.2, 0) is 11.2 Å². The van der Waals surface area contributed by atoms with Crippen LogP contribution in [0.4, 0.5) is 0 Å². The topological polar surface area (TPSA) is 50.8 Å². The van der Waals surface area contributed by atoms with Crippen LogP contribution in [0.15, 0.2) is 18.2 Å². The highest BCUT2D eigenvalue weighted by atomic mass is 16.5. The van der Waals surface area contributed by atoms with Crippen LogP contribution < -0.4 is 10.1 Å². The number of nitrogens with zero attached hydrogens (tertiary/aromatic N) is 1. The highest BCUT2D eigenvalue weighted by Crippen LogP contribution is 2.29. The number of morpholine rings is 1. The van der Waals surface area contributed by atoms with Gasteiger partial charge in [0.1, 0.15) is 11.9 Å². The molecule has 1 fully saturated rings. The Kier molecular flexibility index (Phi) is 6.10. The summed E-state index contributed by atoms with van der Waals surface area (Å²) in [4.78, 5) is 14.7. The van der Waals surface area contributed by atoms with E-state index in [9.17, 15) is 4.79 Å². The highest BCUT2D eigenvalue weighted by Gasteiger charge is 2.20. The number of carbonyl (C=O) groups excluding carboxylic acids is 1. The maximum absolute atomic E-state index is 12.2. The lowest BCUT2D eigenvalue weighted by atomic mass is 10.1. The van der Waals surface area contributed by atoms with Crippen molar-refractivity contribution in [3.05, 3.63) is 29.3 Å². The van der Waals surface area contributed by atoms with Gasteiger partial charge in [0, 0.05) is 31.6 Å². The Morgan fingerprint density at radius 3 is 2.92 bits per heavy atom. The van der Waals surface area contributed by atoms with Crippen LogP contribution in [0.25, 0.3) is 0 Å². The lowest BCUT2D eigenvalue weighted by Crippen LogP contribution is -2.36. The quantitative estimate of drug-likeness (QED) is 0.778. The molecule has 1 atom stereocenters. The van der Waals surface area contributed by atoms with E-state index in [1.807, 2.05) is 18.2 Å². The van der Waals surface area contributed by atoms with Crippen molar-refractivity contribution >= 4 is 5.91 Å². The summed E-state index contributed by atoms with van der Waals surface area (Å²) in [6.45, 7) is 7.76. The Labute approximate surface area is 144 Å². The van der Waals surface area contributed by atoms with E-state index < -0.39 is 0 Å². The molecule has 1 N–H and O–H groups in total. The van der Waals surface area contributed by atoms with Crippen molar-refractivity contribution in [3.63, 3.8) is 0 Å². The largest absolute Gasteiger partial charge is 0.490 e. The molecule has 0 bridgehead atoms. The van der Waals surface area contributed by atoms with Crippen LogP contribution in [0.2, 0.25) is 0 Å². The van der Waals surface area contributed by atoms with Gasteiger partial charge in [-0.05, 0) is 50.1 Å². The predicted molar refractivity (Wildman–Crippen MR) is 93.7 cm³/mol. The van der Waals surface area contributed by atoms with Crippen molar-refractivity contribution in [2.24, 2.45) is 0 Å². The van der Waals surface area contributed by atoms with Gasteiger partial charge in [-0.1, -0.05) is 6.42 Å². The van der Waals surface area contributed by atoms with Crippen molar-refractivity contribution < 1.29 is 14.3 Å². The number of carbonyl (C=O) groups is 1. The number of hydrogen-bond donors (Lipinski definition) is 1. The molecular formula is C19H28N2O3. The number of rotatable bonds is 7. The summed E-state index contributed by atoms with van der Waals surface area (Å²) in [7, 11) is 0. The second kappa shape index (κ2) is 8.49. The van der Waals surface area contributed by atoms with Gasteiger partial charge in [0.25, 0.3) is 5.91 Å². The fourth-order valence-electron chi connectivity index (χ4n) is 3.33. The molecule has 1 aromatic rings. The van der Waals surface area contributed by atoms with E-state index in [4.69, 9.17) is 9.47 Å². The zero-order valence-electron chi connectivity index (χ0n) is 14.6. The molecule has 132 valence electrons. The van der Waals surface area contributed by atoms with E-state index in [-0.39, 0.29) is 12.0 Å². The molecule has 1 unspecified atom stereocenters. The maximum Gasteiger partial charge on any atom is 0.251 e. The van der Waals surface area contributed by atoms with Crippen LogP contribution in [-0.4, -0.2) is 56.3 Å². The van der Waals surface area contributed by atoms with E-state index in [1.54, 1.807) is 0 Å². The molecule has 1 aromatic carbocycles. The van der Waals surface area contributed by atoms with Crippen LogP contribution in [0.3, 0.4) is 0 Å². The second-order valence-electron chi connectivity index (χ2n) is 6.73. The predicted octanol–water partition coefficient (Wildman–Crippen LogP) is 2.24. The third-order valence-electron chi connectivity index (χ3n) is 4.70. The smallest absolute Gasteiger partial charge is 0.251 e. The van der Waals surface area contributed by atoms with E-state index in [0.29, 0.717) is 0 Å². The minimum atomic E-state index is 0.0190. The van der Waals surface area contributed by atoms with Gasteiger partial charge in [0.15, 0.2) is 0 Å². The van der Waals surface area contributed by atoms with Crippen molar-refractivity contribution in [2.45, 2.75) is 38.7 Å². The maximum atomic E-state index is 12.2. The fraction of sp³-hybridized carbons (Fsp3) is 0.632. The lowest BCUT2D eigenvalue weighted by Gasteiger charge is -2.26. The molecule has 5 nitrogen and oxygen atoms in total. The monoisotopic (exact) mass is 332 g/mol. The summed E-state index contributed by atoms with van der Waals surface area (Å²) < 4.78 is 11.0. The van der Waals surface area contributed by atoms with Crippen LogP contribution in [0.5, 0.6) is 5.75 Å². The minimum Gasteiger partial charge on any atom is -0.490 e. The Morgan fingerprint density at radius 2 is 2.08 bits per heavy atom. The molecule has 2 aliphatic rings. The molecule has 0 aliphatic carbocycles. The van der Waals surface area contributed by atoms with Crippen molar-refractivity contribution in [3.8, 4) is 5.75 Å². The third kappa shape index (κ3) is 4.71. The molecule has 0 spiro atoms. The lowest BCUT2D eigenvalue weighted by molar-refractivity contribution is 0.0371. The first kappa shape index (κ1) is 17.2. The van der Waals surface area contributed by atoms with Gasteiger partial charge in [-0.15, -0.1) is 0 Å². The van der Waals surface area contributed by atoms with Gasteiger partial charge >= 0.3 is 0 Å². The molecule has 2 aliphatic heterocycles. The molecule has 0 radical (unpaired) electrons. The fourth-order valence-corrected chi connectivity index (χ4v) is 3.33. The van der Waals surface area contributed by atoms with E-state index in [1.165, 1.54) is 6.42 Å². The molecular weight excluding hydrogens is 304 g/mol. The zero-order chi connectivity index (χ0) is 16.8. The summed E-state index contributed by atoms with van der Waals surface area (Å²) in [6, 6.07) is 5.73. The number of ether oxygens (including phenoxy) is 2. The normalized spacial score (nSPS) is 20.5. The van der Waals surface area contributed by atoms with Crippen LogP contribution >= 0.6 is 0 Å². The zero-order valence-corrected chi connectivity index (χ0v) is 14.6. The van der Waals surface area contributed by atoms with Gasteiger partial charge < -0.3 is 14.8 Å². The number of nitrogens with one attached hydrogen (secondary N) is 1. The number of fused-ring (bicyclic) bond motifs is 1. The number of amides is 1. The molecule has 0 saturated carbocycles. The summed E-state index contributed by atoms with van der Waals surface area (Å²) in [5.41, 5.74) is 1.88. The van der Waals surface area contributed by atoms with Gasteiger partial charge in [0.2, 0.25) is 0 Å². The number of unbranched alkanes of at least 4 members (excludes halogenated alkanes) is 2. The molecule has 5 heteroatoms. The van der Waals surface area contributed by atoms with Gasteiger partial charge in [-0.3, -0.25) is 9.69 Å². The van der Waals surface area contributed by atoms with Crippen molar-refractivity contribution in [1.29, 1.82) is 0 Å². The molecule has 0 aromatic heterocycles. The highest BCUT2D eigenvalue weighted by molar-refractivity contribution is 5.94. The Hall–Kier alpha value is -1.59. The Balaban J connectivity index is 1.32. The van der Waals surface area contributed by atoms with Gasteiger partial charge in [0.05, 0.1) is 13.2 Å². The van der Waals surface area contributed by atoms with E-state index in [2.05, 4.69) is 17.1 Å². The molecule has 24 heavy (non-hydrogen) atoms. The average molecular weight is 332 g/mol. The van der Waals surface area contributed by atoms with Crippen molar-refractivity contribution in [2.75, 3.05) is 39.4 Å². The first-order chi connectivity index (χ1) is 11.7. The van der Waals surface area contributed by atoms with Gasteiger partial charge in [-0.25, -0.2) is 0 Å². The first-order valence-electron chi connectivity index (χ1n) is 9.10. The third-order valence-corrected chi connectivity index (χ3v) is 4.70. The Bertz CT molecular complexity index is 556. The van der Waals surface area contributed by atoms with E-state index >= 15 is 0 Å². The van der Waals surface area contributed by atoms with Crippen LogP contribution in [0, 0.1) is 0 Å². The summed E-state index contributed by atoms with van der Waals surface area (Å²) in [5.74, 6) is 0.938. The molecule has 1 saturated heterocycles. The Morgan fingerprint density at radius 1 is 1.25 bits per heavy atom. The second-order valence-corrected chi connectivity index (χ2v) is 6.73. The minimum absolute atomic E-state index is 0.0190. The van der Waals surface area contributed by atoms with Crippen molar-refractivity contribution in [1.82, 2.24) is 10.2 Å². The average Bonchev–Trinajstić information content (AvgIpc) is 2.97. The molecule has 2 heterocycles. The SMILES string of the molecule is CC1Cc2cc(C(=O)NCCCCCN3CCOCC3)ccc2O1. The van der Waals surface area contributed by atoms with Gasteiger partial charge in [-0.2, -0.15) is 0 Å².